The molecule has 0 aliphatic heterocycles. The molecule has 144 valence electrons. The Hall–Kier alpha value is -1.83. The van der Waals surface area contributed by atoms with Crippen molar-refractivity contribution >= 4 is 5.78 Å². The van der Waals surface area contributed by atoms with Gasteiger partial charge in [-0.25, -0.2) is 0 Å². The predicted octanol–water partition coefficient (Wildman–Crippen LogP) is 6.83. The molecule has 1 aliphatic rings. The summed E-state index contributed by atoms with van der Waals surface area (Å²) in [5.41, 5.74) is 1.25. The van der Waals surface area contributed by atoms with Crippen LogP contribution in [0.2, 0.25) is 0 Å². The molecule has 26 heavy (non-hydrogen) atoms. The van der Waals surface area contributed by atoms with E-state index in [1.807, 2.05) is 25.1 Å². The Bertz CT molecular complexity index is 551. The van der Waals surface area contributed by atoms with Crippen LogP contribution in [0.5, 0.6) is 5.75 Å². The van der Waals surface area contributed by atoms with E-state index >= 15 is 0 Å². The van der Waals surface area contributed by atoms with Crippen LogP contribution in [-0.4, -0.2) is 12.4 Å². The zero-order valence-electron chi connectivity index (χ0n) is 16.9. The van der Waals surface area contributed by atoms with Crippen molar-refractivity contribution in [1.82, 2.24) is 0 Å². The van der Waals surface area contributed by atoms with Crippen molar-refractivity contribution in [3.63, 3.8) is 0 Å². The van der Waals surface area contributed by atoms with Crippen LogP contribution in [0.4, 0.5) is 0 Å². The van der Waals surface area contributed by atoms with E-state index in [1.165, 1.54) is 31.2 Å². The molecule has 2 heteroatoms. The zero-order valence-corrected chi connectivity index (χ0v) is 16.9. The lowest BCUT2D eigenvalue weighted by atomic mass is 10.1. The number of hydrogen-bond donors (Lipinski definition) is 0. The standard InChI is InChI=1S/C16H22O.C8H14O/c1-14-7-6-11-16(13-14)17-12-5-4-10-15-8-2-3-9-15;1-3-4-5-6-7-8(2)9/h4,6-7,10-11,13,15H,2-3,5,8-9,12H2,1H3;3-4H,5-7H2,1-2H3/b10-4+;. The van der Waals surface area contributed by atoms with E-state index in [1.54, 1.807) is 6.92 Å². The highest BCUT2D eigenvalue weighted by Gasteiger charge is 2.10. The third-order valence-electron chi connectivity index (χ3n) is 4.49. The van der Waals surface area contributed by atoms with Crippen LogP contribution in [0.15, 0.2) is 48.6 Å². The van der Waals surface area contributed by atoms with Crippen LogP contribution in [0.1, 0.15) is 70.8 Å². The Morgan fingerprint density at radius 1 is 1.19 bits per heavy atom. The number of carbonyl (C=O) groups is 1. The van der Waals surface area contributed by atoms with E-state index in [4.69, 9.17) is 4.74 Å². The number of Topliss-reactive ketones (excluding diaryl/α,β-unsaturated/α-hetero) is 1. The lowest BCUT2D eigenvalue weighted by Crippen LogP contribution is -1.96. The Morgan fingerprint density at radius 3 is 2.62 bits per heavy atom. The first-order valence-corrected chi connectivity index (χ1v) is 10.1. The lowest BCUT2D eigenvalue weighted by molar-refractivity contribution is -0.117. The molecule has 0 amide bonds. The van der Waals surface area contributed by atoms with Crippen molar-refractivity contribution in [3.8, 4) is 5.75 Å². The van der Waals surface area contributed by atoms with Gasteiger partial charge in [-0.1, -0.05) is 49.3 Å². The summed E-state index contributed by atoms with van der Waals surface area (Å²) in [6.07, 6.45) is 18.1. The molecule has 0 spiro atoms. The third kappa shape index (κ3) is 11.7. The Kier molecular flexibility index (Phi) is 12.3. The highest BCUT2D eigenvalue weighted by molar-refractivity contribution is 5.75. The summed E-state index contributed by atoms with van der Waals surface area (Å²) in [5.74, 6) is 2.12. The number of allylic oxidation sites excluding steroid dienone is 3. The first-order valence-electron chi connectivity index (χ1n) is 10.1. The highest BCUT2D eigenvalue weighted by atomic mass is 16.5. The average molecular weight is 357 g/mol. The molecule has 0 atom stereocenters. The van der Waals surface area contributed by atoms with E-state index in [2.05, 4.69) is 37.3 Å². The maximum atomic E-state index is 10.4. The summed E-state index contributed by atoms with van der Waals surface area (Å²) in [7, 11) is 0. The second-order valence-corrected chi connectivity index (χ2v) is 7.09. The third-order valence-corrected chi connectivity index (χ3v) is 4.49. The Morgan fingerprint density at radius 2 is 1.96 bits per heavy atom. The highest BCUT2D eigenvalue weighted by Crippen LogP contribution is 2.25. The van der Waals surface area contributed by atoms with Gasteiger partial charge in [-0.2, -0.15) is 0 Å². The van der Waals surface area contributed by atoms with Gasteiger partial charge in [0.05, 0.1) is 6.61 Å². The molecule has 0 aromatic heterocycles. The molecule has 2 rings (SSSR count). The normalized spacial score (nSPS) is 14.6. The second-order valence-electron chi connectivity index (χ2n) is 7.09. The molecule has 0 bridgehead atoms. The zero-order chi connectivity index (χ0) is 19.0. The molecule has 0 saturated heterocycles. The summed E-state index contributed by atoms with van der Waals surface area (Å²) in [6.45, 7) is 6.50. The number of unbranched alkanes of at least 4 members (excludes halogenated alkanes) is 1. The van der Waals surface area contributed by atoms with Gasteiger partial charge in [0.1, 0.15) is 11.5 Å². The fraction of sp³-hybridized carbons (Fsp3) is 0.542. The van der Waals surface area contributed by atoms with Crippen molar-refractivity contribution in [2.75, 3.05) is 6.61 Å². The molecule has 0 heterocycles. The van der Waals surface area contributed by atoms with Gasteiger partial charge in [0.15, 0.2) is 0 Å². The molecule has 1 fully saturated rings. The van der Waals surface area contributed by atoms with Crippen LogP contribution in [0, 0.1) is 12.8 Å². The fourth-order valence-corrected chi connectivity index (χ4v) is 3.02. The molecule has 0 unspecified atom stereocenters. The molecular formula is C24H36O2. The minimum Gasteiger partial charge on any atom is -0.493 e. The molecular weight excluding hydrogens is 320 g/mol. The van der Waals surface area contributed by atoms with Crippen molar-refractivity contribution in [1.29, 1.82) is 0 Å². The topological polar surface area (TPSA) is 26.3 Å². The molecule has 1 saturated carbocycles. The average Bonchev–Trinajstić information content (AvgIpc) is 3.12. The Balaban J connectivity index is 0.000000321. The Labute approximate surface area is 160 Å². The molecule has 0 radical (unpaired) electrons. The van der Waals surface area contributed by atoms with E-state index in [9.17, 15) is 4.79 Å². The quantitative estimate of drug-likeness (QED) is 0.358. The first kappa shape index (κ1) is 22.2. The summed E-state index contributed by atoms with van der Waals surface area (Å²) in [5, 5.41) is 0. The van der Waals surface area contributed by atoms with Crippen LogP contribution in [0.25, 0.3) is 0 Å². The van der Waals surface area contributed by atoms with Crippen LogP contribution in [-0.2, 0) is 4.79 Å². The number of ether oxygens (including phenoxy) is 1. The lowest BCUT2D eigenvalue weighted by Gasteiger charge is -2.05. The van der Waals surface area contributed by atoms with Crippen molar-refractivity contribution < 1.29 is 9.53 Å². The predicted molar refractivity (Wildman–Crippen MR) is 112 cm³/mol. The summed E-state index contributed by atoms with van der Waals surface area (Å²) < 4.78 is 5.70. The van der Waals surface area contributed by atoms with Crippen LogP contribution in [0.3, 0.4) is 0 Å². The minimum absolute atomic E-state index is 0.291. The van der Waals surface area contributed by atoms with Gasteiger partial charge in [0.2, 0.25) is 0 Å². The monoisotopic (exact) mass is 356 g/mol. The van der Waals surface area contributed by atoms with Crippen LogP contribution < -0.4 is 4.74 Å². The molecule has 1 aliphatic carbocycles. The fourth-order valence-electron chi connectivity index (χ4n) is 3.02. The number of ketones is 1. The number of aryl methyl sites for hydroxylation is 1. The number of rotatable bonds is 9. The summed E-state index contributed by atoms with van der Waals surface area (Å²) in [6, 6.07) is 8.24. The smallest absolute Gasteiger partial charge is 0.129 e. The van der Waals surface area contributed by atoms with Gasteiger partial charge in [-0.05, 0) is 76.5 Å². The van der Waals surface area contributed by atoms with E-state index in [0.717, 1.165) is 44.0 Å². The molecule has 1 aromatic rings. The van der Waals surface area contributed by atoms with Gasteiger partial charge in [0, 0.05) is 6.42 Å². The summed E-state index contributed by atoms with van der Waals surface area (Å²) in [4.78, 5) is 10.4. The maximum Gasteiger partial charge on any atom is 0.129 e. The van der Waals surface area contributed by atoms with E-state index in [0.29, 0.717) is 5.78 Å². The van der Waals surface area contributed by atoms with Gasteiger partial charge in [-0.3, -0.25) is 0 Å². The van der Waals surface area contributed by atoms with Gasteiger partial charge < -0.3 is 9.53 Å². The first-order chi connectivity index (χ1) is 12.6. The molecule has 1 aromatic carbocycles. The van der Waals surface area contributed by atoms with Gasteiger partial charge >= 0.3 is 0 Å². The van der Waals surface area contributed by atoms with Crippen molar-refractivity contribution in [2.45, 2.75) is 72.1 Å². The summed E-state index contributed by atoms with van der Waals surface area (Å²) >= 11 is 0. The van der Waals surface area contributed by atoms with E-state index in [-0.39, 0.29) is 0 Å². The second kappa shape index (κ2) is 14.4. The molecule has 0 N–H and O–H groups in total. The largest absolute Gasteiger partial charge is 0.493 e. The van der Waals surface area contributed by atoms with Crippen molar-refractivity contribution in [2.24, 2.45) is 5.92 Å². The minimum atomic E-state index is 0.291. The molecule has 2 nitrogen and oxygen atoms in total. The number of carbonyl (C=O) groups excluding carboxylic acids is 1. The van der Waals surface area contributed by atoms with Crippen molar-refractivity contribution in [3.05, 3.63) is 54.1 Å². The van der Waals surface area contributed by atoms with Gasteiger partial charge in [0.25, 0.3) is 0 Å². The SMILES string of the molecule is CC=CCCCC(C)=O.Cc1cccc(OCC/C=C/C2CCCC2)c1. The van der Waals surface area contributed by atoms with E-state index < -0.39 is 0 Å². The van der Waals surface area contributed by atoms with Crippen LogP contribution >= 0.6 is 0 Å². The number of hydrogen-bond acceptors (Lipinski definition) is 2. The number of benzene rings is 1. The maximum absolute atomic E-state index is 10.4. The van der Waals surface area contributed by atoms with Gasteiger partial charge in [-0.15, -0.1) is 0 Å².